The lowest BCUT2D eigenvalue weighted by Gasteiger charge is -1.95. The lowest BCUT2D eigenvalue weighted by Crippen LogP contribution is -1.84. The van der Waals surface area contributed by atoms with Gasteiger partial charge in [0.1, 0.15) is 0 Å². The van der Waals surface area contributed by atoms with Gasteiger partial charge in [0, 0.05) is 0 Å². The Bertz CT molecular complexity index is 195. The number of thiophene rings is 1. The molecule has 1 rings (SSSR count). The van der Waals surface area contributed by atoms with E-state index >= 15 is 0 Å². The molecule has 9 heavy (non-hydrogen) atoms. The molecule has 1 N–H and O–H groups in total. The first-order chi connectivity index (χ1) is 4.20. The first kappa shape index (κ1) is 7.06. The van der Waals surface area contributed by atoms with E-state index in [1.54, 1.807) is 13.0 Å². The fourth-order valence-electron chi connectivity index (χ4n) is 0.542. The highest BCUT2D eigenvalue weighted by Crippen LogP contribution is 2.23. The third-order valence-electron chi connectivity index (χ3n) is 1.07. The van der Waals surface area contributed by atoms with Crippen LogP contribution >= 0.6 is 22.9 Å². The Kier molecular flexibility index (Phi) is 2.11. The monoisotopic (exact) mass is 162 g/mol. The van der Waals surface area contributed by atoms with Crippen molar-refractivity contribution in [3.05, 3.63) is 21.3 Å². The van der Waals surface area contributed by atoms with Crippen LogP contribution in [-0.4, -0.2) is 5.11 Å². The van der Waals surface area contributed by atoms with Crippen molar-refractivity contribution in [1.82, 2.24) is 0 Å². The normalized spacial score (nSPS) is 13.7. The van der Waals surface area contributed by atoms with Gasteiger partial charge >= 0.3 is 0 Å². The molecule has 1 atom stereocenters. The van der Waals surface area contributed by atoms with Crippen LogP contribution in [0.1, 0.15) is 18.6 Å². The second kappa shape index (κ2) is 2.69. The van der Waals surface area contributed by atoms with Crippen LogP contribution in [-0.2, 0) is 0 Å². The van der Waals surface area contributed by atoms with Gasteiger partial charge in [-0.1, -0.05) is 11.6 Å². The van der Waals surface area contributed by atoms with Gasteiger partial charge in [0.2, 0.25) is 0 Å². The summed E-state index contributed by atoms with van der Waals surface area (Å²) in [4.78, 5) is 0. The van der Waals surface area contributed by atoms with Gasteiger partial charge < -0.3 is 5.11 Å². The maximum absolute atomic E-state index is 8.99. The van der Waals surface area contributed by atoms with Crippen LogP contribution in [0, 0.1) is 0 Å². The Morgan fingerprint density at radius 1 is 1.78 bits per heavy atom. The number of hydrogen-bond donors (Lipinski definition) is 1. The number of hydrogen-bond acceptors (Lipinski definition) is 2. The molecular weight excluding hydrogens is 156 g/mol. The van der Waals surface area contributed by atoms with E-state index in [1.165, 1.54) is 11.3 Å². The third kappa shape index (κ3) is 1.68. The van der Waals surface area contributed by atoms with Gasteiger partial charge in [-0.3, -0.25) is 0 Å². The van der Waals surface area contributed by atoms with Gasteiger partial charge in [-0.2, -0.15) is 0 Å². The Morgan fingerprint density at radius 2 is 2.44 bits per heavy atom. The first-order valence-corrected chi connectivity index (χ1v) is 3.88. The topological polar surface area (TPSA) is 20.2 Å². The SMILES string of the molecule is C[C@@H](O)c1csc(Cl)c1. The zero-order valence-electron chi connectivity index (χ0n) is 4.97. The van der Waals surface area contributed by atoms with Crippen molar-refractivity contribution in [2.45, 2.75) is 13.0 Å². The van der Waals surface area contributed by atoms with Gasteiger partial charge in [-0.15, -0.1) is 11.3 Å². The molecular formula is C6H7ClOS. The largest absolute Gasteiger partial charge is 0.389 e. The van der Waals surface area contributed by atoms with Crippen molar-refractivity contribution in [1.29, 1.82) is 0 Å². The second-order valence-electron chi connectivity index (χ2n) is 1.86. The molecule has 0 radical (unpaired) electrons. The van der Waals surface area contributed by atoms with E-state index in [2.05, 4.69) is 0 Å². The lowest BCUT2D eigenvalue weighted by atomic mass is 10.2. The molecule has 0 aliphatic carbocycles. The standard InChI is InChI=1S/C6H7ClOS/c1-4(8)5-2-6(7)9-3-5/h2-4,8H,1H3/t4-/m1/s1. The maximum atomic E-state index is 8.99. The Morgan fingerprint density at radius 3 is 2.67 bits per heavy atom. The molecule has 0 aliphatic heterocycles. The van der Waals surface area contributed by atoms with Crippen molar-refractivity contribution in [3.63, 3.8) is 0 Å². The molecule has 50 valence electrons. The highest BCUT2D eigenvalue weighted by molar-refractivity contribution is 7.14. The average molecular weight is 163 g/mol. The van der Waals surface area contributed by atoms with E-state index in [-0.39, 0.29) is 0 Å². The van der Waals surface area contributed by atoms with Crippen LogP contribution in [0.5, 0.6) is 0 Å². The highest BCUT2D eigenvalue weighted by Gasteiger charge is 2.01. The van der Waals surface area contributed by atoms with Crippen LogP contribution in [0.25, 0.3) is 0 Å². The van der Waals surface area contributed by atoms with Gasteiger partial charge in [-0.25, -0.2) is 0 Å². The van der Waals surface area contributed by atoms with Crippen molar-refractivity contribution in [2.75, 3.05) is 0 Å². The summed E-state index contributed by atoms with van der Waals surface area (Å²) in [6, 6.07) is 1.77. The summed E-state index contributed by atoms with van der Waals surface area (Å²) in [6.07, 6.45) is -0.395. The Labute approximate surface area is 62.9 Å². The summed E-state index contributed by atoms with van der Waals surface area (Å²) in [6.45, 7) is 1.72. The van der Waals surface area contributed by atoms with E-state index in [9.17, 15) is 0 Å². The average Bonchev–Trinajstić information content (AvgIpc) is 2.14. The number of aliphatic hydroxyl groups is 1. The summed E-state index contributed by atoms with van der Waals surface area (Å²) in [5, 5.41) is 10.8. The first-order valence-electron chi connectivity index (χ1n) is 2.62. The number of rotatable bonds is 1. The summed E-state index contributed by atoms with van der Waals surface area (Å²) in [7, 11) is 0. The molecule has 1 heterocycles. The van der Waals surface area contributed by atoms with Gasteiger partial charge in [-0.05, 0) is 23.9 Å². The molecule has 0 spiro atoms. The lowest BCUT2D eigenvalue weighted by molar-refractivity contribution is 0.200. The Hall–Kier alpha value is -0.0500. The van der Waals surface area contributed by atoms with Crippen LogP contribution in [0.15, 0.2) is 11.4 Å². The summed E-state index contributed by atoms with van der Waals surface area (Å²) in [5.41, 5.74) is 0.894. The predicted octanol–water partition coefficient (Wildman–Crippen LogP) is 2.45. The fourth-order valence-corrected chi connectivity index (χ4v) is 1.52. The molecule has 1 aromatic heterocycles. The van der Waals surface area contributed by atoms with Crippen molar-refractivity contribution < 1.29 is 5.11 Å². The molecule has 0 fully saturated rings. The fraction of sp³-hybridized carbons (Fsp3) is 0.333. The summed E-state index contributed by atoms with van der Waals surface area (Å²) >= 11 is 7.05. The molecule has 0 saturated heterocycles. The second-order valence-corrected chi connectivity index (χ2v) is 3.40. The minimum Gasteiger partial charge on any atom is -0.389 e. The van der Waals surface area contributed by atoms with Crippen molar-refractivity contribution in [2.24, 2.45) is 0 Å². The number of halogens is 1. The molecule has 0 bridgehead atoms. The molecule has 3 heteroatoms. The van der Waals surface area contributed by atoms with E-state index in [4.69, 9.17) is 16.7 Å². The zero-order valence-corrected chi connectivity index (χ0v) is 6.54. The van der Waals surface area contributed by atoms with Crippen LogP contribution in [0.3, 0.4) is 0 Å². The third-order valence-corrected chi connectivity index (χ3v) is 2.18. The zero-order chi connectivity index (χ0) is 6.85. The summed E-state index contributed by atoms with van der Waals surface area (Å²) in [5.74, 6) is 0. The molecule has 0 aliphatic rings. The molecule has 0 amide bonds. The smallest absolute Gasteiger partial charge is 0.0932 e. The van der Waals surface area contributed by atoms with Gasteiger partial charge in [0.05, 0.1) is 10.4 Å². The minimum atomic E-state index is -0.395. The van der Waals surface area contributed by atoms with Crippen molar-refractivity contribution in [3.8, 4) is 0 Å². The Balaban J connectivity index is 2.85. The number of aliphatic hydroxyl groups excluding tert-OH is 1. The molecule has 1 nitrogen and oxygen atoms in total. The van der Waals surface area contributed by atoms with Crippen LogP contribution in [0.4, 0.5) is 0 Å². The van der Waals surface area contributed by atoms with Gasteiger partial charge in [0.15, 0.2) is 0 Å². The van der Waals surface area contributed by atoms with E-state index in [0.29, 0.717) is 0 Å². The quantitative estimate of drug-likeness (QED) is 0.673. The van der Waals surface area contributed by atoms with Crippen LogP contribution in [0.2, 0.25) is 4.34 Å². The predicted molar refractivity (Wildman–Crippen MR) is 40.0 cm³/mol. The van der Waals surface area contributed by atoms with E-state index in [1.807, 2.05) is 5.38 Å². The van der Waals surface area contributed by atoms with E-state index < -0.39 is 6.10 Å². The van der Waals surface area contributed by atoms with E-state index in [0.717, 1.165) is 9.90 Å². The molecule has 0 saturated carbocycles. The molecule has 1 aromatic rings. The summed E-state index contributed by atoms with van der Waals surface area (Å²) < 4.78 is 0.728. The van der Waals surface area contributed by atoms with Crippen LogP contribution < -0.4 is 0 Å². The van der Waals surface area contributed by atoms with Crippen molar-refractivity contribution >= 4 is 22.9 Å². The minimum absolute atomic E-state index is 0.395. The van der Waals surface area contributed by atoms with Gasteiger partial charge in [0.25, 0.3) is 0 Å². The highest BCUT2D eigenvalue weighted by atomic mass is 35.5. The molecule has 0 unspecified atom stereocenters. The molecule has 0 aromatic carbocycles. The maximum Gasteiger partial charge on any atom is 0.0932 e.